The first-order valence-electron chi connectivity index (χ1n) is 7.58. The van der Waals surface area contributed by atoms with Crippen LogP contribution in [0.15, 0.2) is 12.1 Å². The Balaban J connectivity index is 1.78. The first-order chi connectivity index (χ1) is 11.8. The van der Waals surface area contributed by atoms with E-state index in [2.05, 4.69) is 10.6 Å². The zero-order valence-electron chi connectivity index (χ0n) is 13.3. The van der Waals surface area contributed by atoms with Gasteiger partial charge in [0.25, 0.3) is 0 Å². The van der Waals surface area contributed by atoms with E-state index in [1.807, 2.05) is 0 Å². The van der Waals surface area contributed by atoms with Crippen LogP contribution in [0.5, 0.6) is 0 Å². The summed E-state index contributed by atoms with van der Waals surface area (Å²) in [7, 11) is 0. The van der Waals surface area contributed by atoms with E-state index in [-0.39, 0.29) is 37.0 Å². The average molecular weight is 370 g/mol. The molecule has 25 heavy (non-hydrogen) atoms. The van der Waals surface area contributed by atoms with Crippen LogP contribution in [0, 0.1) is 11.6 Å². The maximum absolute atomic E-state index is 14.4. The summed E-state index contributed by atoms with van der Waals surface area (Å²) in [6.45, 7) is 2.08. The zero-order valence-corrected chi connectivity index (χ0v) is 14.2. The number of amides is 2. The second-order valence-electron chi connectivity index (χ2n) is 5.77. The average Bonchev–Trinajstić information content (AvgIpc) is 3.10. The number of hydrogen-bond donors (Lipinski definition) is 2. The Morgan fingerprint density at radius 2 is 2.08 bits per heavy atom. The Hall–Kier alpha value is -2.49. The van der Waals surface area contributed by atoms with Crippen molar-refractivity contribution in [2.45, 2.75) is 13.0 Å². The van der Waals surface area contributed by atoms with Gasteiger partial charge in [-0.3, -0.25) is 9.69 Å². The number of anilines is 2. The molecular weight excluding hydrogens is 354 g/mol. The van der Waals surface area contributed by atoms with Gasteiger partial charge in [0.2, 0.25) is 5.91 Å². The summed E-state index contributed by atoms with van der Waals surface area (Å²) in [6, 6.07) is 2.12. The monoisotopic (exact) mass is 370 g/mol. The normalized spacial score (nSPS) is 19.9. The highest BCUT2D eigenvalue weighted by molar-refractivity contribution is 7.80. The molecule has 0 radical (unpaired) electrons. The van der Waals surface area contributed by atoms with Crippen molar-refractivity contribution >= 4 is 40.6 Å². The minimum atomic E-state index is -0.851. The fourth-order valence-corrected chi connectivity index (χ4v) is 2.82. The van der Waals surface area contributed by atoms with Crippen molar-refractivity contribution in [3.05, 3.63) is 23.8 Å². The number of benzene rings is 1. The Bertz CT molecular complexity index is 722. The highest BCUT2D eigenvalue weighted by Gasteiger charge is 2.34. The van der Waals surface area contributed by atoms with Crippen LogP contribution in [0.4, 0.5) is 25.0 Å². The predicted molar refractivity (Wildman–Crippen MR) is 90.6 cm³/mol. The third-order valence-electron chi connectivity index (χ3n) is 3.88. The molecule has 134 valence electrons. The van der Waals surface area contributed by atoms with Gasteiger partial charge in [-0.2, -0.15) is 0 Å². The van der Waals surface area contributed by atoms with Crippen LogP contribution in [0.2, 0.25) is 0 Å². The topological polar surface area (TPSA) is 73.9 Å². The molecule has 0 unspecified atom stereocenters. The quantitative estimate of drug-likeness (QED) is 0.774. The van der Waals surface area contributed by atoms with Gasteiger partial charge in [-0.15, -0.1) is 0 Å². The molecule has 1 atom stereocenters. The Kier molecular flexibility index (Phi) is 4.71. The third kappa shape index (κ3) is 3.63. The predicted octanol–water partition coefficient (Wildman–Crippen LogP) is 1.12. The minimum absolute atomic E-state index is 0.0302. The van der Waals surface area contributed by atoms with Crippen LogP contribution in [0.25, 0.3) is 0 Å². The van der Waals surface area contributed by atoms with E-state index in [9.17, 15) is 18.4 Å². The summed E-state index contributed by atoms with van der Waals surface area (Å²) in [5, 5.41) is 5.37. The molecule has 0 saturated carbocycles. The molecule has 2 aliphatic heterocycles. The molecule has 2 saturated heterocycles. The molecule has 7 nitrogen and oxygen atoms in total. The van der Waals surface area contributed by atoms with E-state index >= 15 is 0 Å². The maximum atomic E-state index is 14.4. The number of carbonyl (C=O) groups is 2. The van der Waals surface area contributed by atoms with Gasteiger partial charge in [-0.25, -0.2) is 13.6 Å². The van der Waals surface area contributed by atoms with E-state index in [0.29, 0.717) is 11.5 Å². The van der Waals surface area contributed by atoms with Crippen molar-refractivity contribution in [1.29, 1.82) is 0 Å². The standard InChI is InChI=1S/C15H16F2N4O3S/c1-8(25)18-4-10-5-21(15(23)24-10)9-2-11(16)14(12(17)3-9)20-6-13(22)19-7-20/h2-3,10H,4-7H2,1H3,(H,18,25)(H,19,22)/t10-/m0/s1. The molecule has 2 N–H and O–H groups in total. The molecule has 2 aliphatic rings. The highest BCUT2D eigenvalue weighted by atomic mass is 32.1. The summed E-state index contributed by atoms with van der Waals surface area (Å²) in [4.78, 5) is 26.2. The Morgan fingerprint density at radius 3 is 2.64 bits per heavy atom. The van der Waals surface area contributed by atoms with E-state index in [1.165, 1.54) is 4.90 Å². The lowest BCUT2D eigenvalue weighted by Crippen LogP contribution is -2.32. The van der Waals surface area contributed by atoms with Crippen LogP contribution >= 0.6 is 12.2 Å². The second-order valence-corrected chi connectivity index (χ2v) is 6.38. The third-order valence-corrected chi connectivity index (χ3v) is 4.03. The van der Waals surface area contributed by atoms with Gasteiger partial charge in [0, 0.05) is 12.1 Å². The molecule has 2 heterocycles. The molecule has 2 amide bonds. The lowest BCUT2D eigenvalue weighted by Gasteiger charge is -2.20. The first-order valence-corrected chi connectivity index (χ1v) is 7.99. The van der Waals surface area contributed by atoms with Gasteiger partial charge < -0.3 is 20.3 Å². The fourth-order valence-electron chi connectivity index (χ4n) is 2.73. The fraction of sp³-hybridized carbons (Fsp3) is 0.400. The van der Waals surface area contributed by atoms with Gasteiger partial charge in [0.1, 0.15) is 11.8 Å². The van der Waals surface area contributed by atoms with Crippen molar-refractivity contribution < 1.29 is 23.1 Å². The molecular formula is C15H16F2N4O3S. The number of carbonyl (C=O) groups excluding carboxylic acids is 2. The molecule has 0 aliphatic carbocycles. The number of cyclic esters (lactones) is 1. The zero-order chi connectivity index (χ0) is 18.1. The Morgan fingerprint density at radius 1 is 1.40 bits per heavy atom. The number of ether oxygens (including phenoxy) is 1. The molecule has 1 aromatic carbocycles. The number of hydrogen-bond acceptors (Lipinski definition) is 5. The second kappa shape index (κ2) is 6.79. The SMILES string of the molecule is CC(=S)NC[C@H]1CN(c2cc(F)c(N3CNC(=O)C3)c(F)c2)C(=O)O1. The molecule has 0 aromatic heterocycles. The minimum Gasteiger partial charge on any atom is -0.442 e. The lowest BCUT2D eigenvalue weighted by atomic mass is 10.2. The lowest BCUT2D eigenvalue weighted by molar-refractivity contribution is -0.118. The van der Waals surface area contributed by atoms with E-state index in [0.717, 1.165) is 17.0 Å². The van der Waals surface area contributed by atoms with Gasteiger partial charge >= 0.3 is 6.09 Å². The summed E-state index contributed by atoms with van der Waals surface area (Å²) < 4.78 is 33.9. The number of thiocarbonyl (C=S) groups is 1. The molecule has 3 rings (SSSR count). The summed E-state index contributed by atoms with van der Waals surface area (Å²) in [5.74, 6) is -2.01. The first kappa shape index (κ1) is 17.3. The molecule has 0 spiro atoms. The summed E-state index contributed by atoms with van der Waals surface area (Å²) in [5.41, 5.74) is -0.243. The van der Waals surface area contributed by atoms with Crippen molar-refractivity contribution in [3.8, 4) is 0 Å². The van der Waals surface area contributed by atoms with Crippen LogP contribution in [-0.2, 0) is 9.53 Å². The molecule has 2 fully saturated rings. The highest BCUT2D eigenvalue weighted by Crippen LogP contribution is 2.31. The number of nitrogens with one attached hydrogen (secondary N) is 2. The van der Waals surface area contributed by atoms with E-state index < -0.39 is 23.8 Å². The van der Waals surface area contributed by atoms with Crippen LogP contribution < -0.4 is 20.4 Å². The van der Waals surface area contributed by atoms with Gasteiger partial charge in [-0.05, 0) is 6.92 Å². The number of halogens is 2. The Labute approximate surface area is 147 Å². The number of nitrogens with zero attached hydrogens (tertiary/aromatic N) is 2. The largest absolute Gasteiger partial charge is 0.442 e. The van der Waals surface area contributed by atoms with Gasteiger partial charge in [0.05, 0.1) is 37.0 Å². The smallest absolute Gasteiger partial charge is 0.414 e. The number of rotatable bonds is 4. The van der Waals surface area contributed by atoms with E-state index in [4.69, 9.17) is 17.0 Å². The van der Waals surface area contributed by atoms with Gasteiger partial charge in [-0.1, -0.05) is 12.2 Å². The molecule has 1 aromatic rings. The molecule has 10 heteroatoms. The van der Waals surface area contributed by atoms with Crippen LogP contribution in [0.3, 0.4) is 0 Å². The maximum Gasteiger partial charge on any atom is 0.414 e. The summed E-state index contributed by atoms with van der Waals surface area (Å²) >= 11 is 4.89. The molecule has 0 bridgehead atoms. The van der Waals surface area contributed by atoms with Crippen molar-refractivity contribution in [2.24, 2.45) is 0 Å². The summed E-state index contributed by atoms with van der Waals surface area (Å²) in [6.07, 6.45) is -1.16. The van der Waals surface area contributed by atoms with Crippen LogP contribution in [0.1, 0.15) is 6.92 Å². The van der Waals surface area contributed by atoms with Crippen LogP contribution in [-0.4, -0.2) is 49.4 Å². The van der Waals surface area contributed by atoms with E-state index in [1.54, 1.807) is 6.92 Å². The van der Waals surface area contributed by atoms with Crippen molar-refractivity contribution in [1.82, 2.24) is 10.6 Å². The van der Waals surface area contributed by atoms with Crippen molar-refractivity contribution in [3.63, 3.8) is 0 Å². The van der Waals surface area contributed by atoms with Gasteiger partial charge in [0.15, 0.2) is 11.6 Å². The van der Waals surface area contributed by atoms with Crippen molar-refractivity contribution in [2.75, 3.05) is 36.1 Å².